The number of nitrogens with zero attached hydrogens (tertiary/aromatic N) is 3. The summed E-state index contributed by atoms with van der Waals surface area (Å²) in [5.74, 6) is 0.669. The van der Waals surface area contributed by atoms with Gasteiger partial charge >= 0.3 is 0 Å². The molecule has 3 heteroatoms. The first-order valence-electron chi connectivity index (χ1n) is 16.0. The quantitative estimate of drug-likeness (QED) is 0.198. The van der Waals surface area contributed by atoms with Crippen LogP contribution in [-0.4, -0.2) is 14.5 Å². The lowest BCUT2D eigenvalue weighted by Gasteiger charge is -2.23. The molecule has 0 aliphatic heterocycles. The van der Waals surface area contributed by atoms with Crippen LogP contribution in [0.5, 0.6) is 0 Å². The normalized spacial score (nSPS) is 11.8. The Labute approximate surface area is 272 Å². The molecule has 10 rings (SSSR count). The molecule has 2 aromatic heterocycles. The fourth-order valence-corrected chi connectivity index (χ4v) is 7.53. The van der Waals surface area contributed by atoms with Crippen molar-refractivity contribution in [2.75, 3.05) is 0 Å². The zero-order chi connectivity index (χ0) is 30.9. The van der Waals surface area contributed by atoms with Gasteiger partial charge in [-0.1, -0.05) is 140 Å². The van der Waals surface area contributed by atoms with E-state index in [1.807, 2.05) is 0 Å². The van der Waals surface area contributed by atoms with E-state index in [0.29, 0.717) is 5.95 Å². The van der Waals surface area contributed by atoms with Gasteiger partial charge in [0.15, 0.2) is 0 Å². The highest BCUT2D eigenvalue weighted by Gasteiger charge is 2.23. The first-order valence-corrected chi connectivity index (χ1v) is 16.0. The molecule has 47 heavy (non-hydrogen) atoms. The smallest absolute Gasteiger partial charge is 0.235 e. The van der Waals surface area contributed by atoms with Crippen molar-refractivity contribution in [3.05, 3.63) is 164 Å². The number of fused-ring (bicyclic) bond motifs is 12. The van der Waals surface area contributed by atoms with Crippen LogP contribution in [0.25, 0.3) is 94.4 Å². The standard InChI is InChI=1S/C44H27N3/c1-2-14-30-29(13-1)31-15-3-4-17-33(31)35-26-25-28(27-39(35)34-18-6-5-16-32(30)34)43-38-21-7-10-22-40(38)45-44(46-43)47-41-23-11-8-19-36(41)37-20-9-12-24-42(37)47/h1-27H. The highest BCUT2D eigenvalue weighted by atomic mass is 15.2. The predicted molar refractivity (Wildman–Crippen MR) is 195 cm³/mol. The van der Waals surface area contributed by atoms with Gasteiger partial charge in [0, 0.05) is 21.7 Å². The number of benzene rings is 7. The summed E-state index contributed by atoms with van der Waals surface area (Å²) in [6.45, 7) is 0. The largest absolute Gasteiger partial charge is 0.278 e. The van der Waals surface area contributed by atoms with Crippen molar-refractivity contribution in [2.24, 2.45) is 0 Å². The Morgan fingerprint density at radius 1 is 0.340 bits per heavy atom. The third-order valence-electron chi connectivity index (χ3n) is 9.61. The van der Waals surface area contributed by atoms with Gasteiger partial charge < -0.3 is 0 Å². The molecule has 3 nitrogen and oxygen atoms in total. The second-order valence-electron chi connectivity index (χ2n) is 12.2. The van der Waals surface area contributed by atoms with E-state index in [-0.39, 0.29) is 0 Å². The van der Waals surface area contributed by atoms with E-state index in [9.17, 15) is 0 Å². The van der Waals surface area contributed by atoms with Crippen molar-refractivity contribution in [2.45, 2.75) is 0 Å². The molecule has 0 atom stereocenters. The van der Waals surface area contributed by atoms with Gasteiger partial charge in [0.05, 0.1) is 22.2 Å². The van der Waals surface area contributed by atoms with Gasteiger partial charge in [0.2, 0.25) is 5.95 Å². The second kappa shape index (κ2) is 10.1. The molecular weight excluding hydrogens is 571 g/mol. The maximum absolute atomic E-state index is 5.39. The van der Waals surface area contributed by atoms with Gasteiger partial charge in [-0.25, -0.2) is 9.97 Å². The average Bonchev–Trinajstić information content (AvgIpc) is 3.48. The van der Waals surface area contributed by atoms with Crippen molar-refractivity contribution in [1.82, 2.24) is 14.5 Å². The van der Waals surface area contributed by atoms with Crippen LogP contribution in [0.1, 0.15) is 0 Å². The molecule has 0 spiro atoms. The summed E-state index contributed by atoms with van der Waals surface area (Å²) in [7, 11) is 0. The molecule has 0 bridgehead atoms. The van der Waals surface area contributed by atoms with Crippen molar-refractivity contribution in [3.8, 4) is 61.7 Å². The van der Waals surface area contributed by atoms with E-state index in [2.05, 4.69) is 168 Å². The molecule has 218 valence electrons. The van der Waals surface area contributed by atoms with E-state index in [1.54, 1.807) is 0 Å². The first kappa shape index (κ1) is 26.0. The zero-order valence-electron chi connectivity index (χ0n) is 25.4. The number of hydrogen-bond donors (Lipinski definition) is 0. The maximum atomic E-state index is 5.39. The summed E-state index contributed by atoms with van der Waals surface area (Å²) in [5.41, 5.74) is 14.9. The monoisotopic (exact) mass is 597 g/mol. The fourth-order valence-electron chi connectivity index (χ4n) is 7.53. The Morgan fingerprint density at radius 2 is 0.766 bits per heavy atom. The van der Waals surface area contributed by atoms with Gasteiger partial charge in [-0.2, -0.15) is 0 Å². The highest BCUT2D eigenvalue weighted by molar-refractivity contribution is 6.09. The van der Waals surface area contributed by atoms with Crippen LogP contribution in [0.4, 0.5) is 0 Å². The van der Waals surface area contributed by atoms with Gasteiger partial charge in [0.25, 0.3) is 0 Å². The molecule has 2 heterocycles. The lowest BCUT2D eigenvalue weighted by molar-refractivity contribution is 1.01. The van der Waals surface area contributed by atoms with Crippen LogP contribution in [0.2, 0.25) is 0 Å². The Bertz CT molecular complexity index is 2640. The Kier molecular flexibility index (Phi) is 5.57. The minimum absolute atomic E-state index is 0.669. The van der Waals surface area contributed by atoms with Gasteiger partial charge in [0.1, 0.15) is 0 Å². The zero-order valence-corrected chi connectivity index (χ0v) is 25.4. The van der Waals surface area contributed by atoms with Gasteiger partial charge in [-0.15, -0.1) is 0 Å². The summed E-state index contributed by atoms with van der Waals surface area (Å²) in [6.07, 6.45) is 0. The van der Waals surface area contributed by atoms with E-state index >= 15 is 0 Å². The predicted octanol–water partition coefficient (Wildman–Crippen LogP) is 11.4. The molecule has 7 aromatic carbocycles. The molecule has 9 aromatic rings. The van der Waals surface area contributed by atoms with Crippen molar-refractivity contribution in [1.29, 1.82) is 0 Å². The Morgan fingerprint density at radius 3 is 1.32 bits per heavy atom. The molecule has 0 radical (unpaired) electrons. The Hall–Kier alpha value is -6.32. The summed E-state index contributed by atoms with van der Waals surface area (Å²) in [4.78, 5) is 10.6. The van der Waals surface area contributed by atoms with Crippen LogP contribution in [0.15, 0.2) is 164 Å². The summed E-state index contributed by atoms with van der Waals surface area (Å²) in [5, 5.41) is 3.41. The average molecular weight is 598 g/mol. The molecule has 0 unspecified atom stereocenters. The number of rotatable bonds is 2. The molecule has 0 saturated carbocycles. The topological polar surface area (TPSA) is 30.7 Å². The van der Waals surface area contributed by atoms with Crippen molar-refractivity contribution >= 4 is 32.7 Å². The van der Waals surface area contributed by atoms with Crippen LogP contribution in [-0.2, 0) is 0 Å². The minimum Gasteiger partial charge on any atom is -0.278 e. The minimum atomic E-state index is 0.669. The number of aromatic nitrogens is 3. The Balaban J connectivity index is 1.27. The summed E-state index contributed by atoms with van der Waals surface area (Å²) in [6, 6.07) is 58.6. The van der Waals surface area contributed by atoms with Crippen molar-refractivity contribution in [3.63, 3.8) is 0 Å². The molecule has 1 aliphatic carbocycles. The fraction of sp³-hybridized carbons (Fsp3) is 0. The van der Waals surface area contributed by atoms with Crippen LogP contribution < -0.4 is 0 Å². The third kappa shape index (κ3) is 3.87. The van der Waals surface area contributed by atoms with E-state index in [4.69, 9.17) is 9.97 Å². The molecule has 0 saturated heterocycles. The van der Waals surface area contributed by atoms with Crippen LogP contribution in [0.3, 0.4) is 0 Å². The number of hydrogen-bond acceptors (Lipinski definition) is 2. The van der Waals surface area contributed by atoms with E-state index < -0.39 is 0 Å². The van der Waals surface area contributed by atoms with Gasteiger partial charge in [-0.05, 0) is 68.8 Å². The lowest BCUT2D eigenvalue weighted by atomic mass is 9.80. The summed E-state index contributed by atoms with van der Waals surface area (Å²) >= 11 is 0. The van der Waals surface area contributed by atoms with Gasteiger partial charge in [-0.3, -0.25) is 4.57 Å². The second-order valence-corrected chi connectivity index (χ2v) is 12.2. The SMILES string of the molecule is c1ccc2c(c1)-c1ccccc1-c1ccc(-c3nc(-n4c5ccccc5c5ccccc54)nc4ccccc34)cc1-c1ccccc1-2. The lowest BCUT2D eigenvalue weighted by Crippen LogP contribution is -2.03. The van der Waals surface area contributed by atoms with E-state index in [1.165, 1.54) is 55.3 Å². The third-order valence-corrected chi connectivity index (χ3v) is 9.61. The van der Waals surface area contributed by atoms with Crippen molar-refractivity contribution < 1.29 is 0 Å². The first-order chi connectivity index (χ1) is 23.3. The molecular formula is C44H27N3. The summed E-state index contributed by atoms with van der Waals surface area (Å²) < 4.78 is 2.21. The van der Waals surface area contributed by atoms with Crippen LogP contribution >= 0.6 is 0 Å². The van der Waals surface area contributed by atoms with Crippen LogP contribution in [0, 0.1) is 0 Å². The molecule has 0 N–H and O–H groups in total. The molecule has 0 amide bonds. The molecule has 0 fully saturated rings. The maximum Gasteiger partial charge on any atom is 0.235 e. The number of para-hydroxylation sites is 3. The molecule has 1 aliphatic rings. The van der Waals surface area contributed by atoms with E-state index in [0.717, 1.165) is 33.2 Å². The highest BCUT2D eigenvalue weighted by Crippen LogP contribution is 2.48.